The SMILES string of the molecule is O=C(O)CCc1cccc(-c2cccc(C(F)(F)F)c2)c1. The highest BCUT2D eigenvalue weighted by atomic mass is 19.4. The smallest absolute Gasteiger partial charge is 0.416 e. The molecular weight excluding hydrogens is 281 g/mol. The summed E-state index contributed by atoms with van der Waals surface area (Å²) >= 11 is 0. The van der Waals surface area contributed by atoms with Crippen LogP contribution in [0.1, 0.15) is 17.5 Å². The molecule has 1 N–H and O–H groups in total. The van der Waals surface area contributed by atoms with Crippen LogP contribution >= 0.6 is 0 Å². The minimum atomic E-state index is -4.38. The Kier molecular flexibility index (Phi) is 4.31. The van der Waals surface area contributed by atoms with Crippen LogP contribution in [0.25, 0.3) is 11.1 Å². The molecule has 0 unspecified atom stereocenters. The molecule has 0 spiro atoms. The molecule has 0 radical (unpaired) electrons. The Morgan fingerprint density at radius 2 is 1.62 bits per heavy atom. The lowest BCUT2D eigenvalue weighted by molar-refractivity contribution is -0.138. The zero-order chi connectivity index (χ0) is 15.5. The molecule has 0 aliphatic heterocycles. The van der Waals surface area contributed by atoms with Gasteiger partial charge in [-0.1, -0.05) is 36.4 Å². The number of hydrogen-bond donors (Lipinski definition) is 1. The van der Waals surface area contributed by atoms with Gasteiger partial charge in [0.15, 0.2) is 0 Å². The van der Waals surface area contributed by atoms with Crippen LogP contribution in [0.3, 0.4) is 0 Å². The molecule has 21 heavy (non-hydrogen) atoms. The van der Waals surface area contributed by atoms with Crippen LogP contribution in [0, 0.1) is 0 Å². The van der Waals surface area contributed by atoms with Gasteiger partial charge >= 0.3 is 12.1 Å². The van der Waals surface area contributed by atoms with Crippen molar-refractivity contribution < 1.29 is 23.1 Å². The molecule has 0 saturated heterocycles. The van der Waals surface area contributed by atoms with Gasteiger partial charge < -0.3 is 5.11 Å². The van der Waals surface area contributed by atoms with Crippen molar-refractivity contribution in [2.75, 3.05) is 0 Å². The summed E-state index contributed by atoms with van der Waals surface area (Å²) < 4.78 is 38.1. The summed E-state index contributed by atoms with van der Waals surface area (Å²) in [5, 5.41) is 8.66. The summed E-state index contributed by atoms with van der Waals surface area (Å²) in [6, 6.07) is 12.0. The molecule has 0 aliphatic carbocycles. The van der Waals surface area contributed by atoms with Crippen molar-refractivity contribution in [2.24, 2.45) is 0 Å². The molecular formula is C16H13F3O2. The predicted octanol–water partition coefficient (Wildman–Crippen LogP) is 4.39. The van der Waals surface area contributed by atoms with Gasteiger partial charge in [-0.3, -0.25) is 4.79 Å². The van der Waals surface area contributed by atoms with Gasteiger partial charge in [0.1, 0.15) is 0 Å². The first-order valence-corrected chi connectivity index (χ1v) is 6.34. The second-order valence-electron chi connectivity index (χ2n) is 4.67. The van der Waals surface area contributed by atoms with E-state index in [0.717, 1.165) is 17.7 Å². The van der Waals surface area contributed by atoms with Crippen molar-refractivity contribution >= 4 is 5.97 Å². The fourth-order valence-electron chi connectivity index (χ4n) is 2.03. The van der Waals surface area contributed by atoms with Crippen molar-refractivity contribution in [2.45, 2.75) is 19.0 Å². The molecule has 2 aromatic rings. The van der Waals surface area contributed by atoms with Crippen molar-refractivity contribution in [3.63, 3.8) is 0 Å². The molecule has 0 fully saturated rings. The molecule has 0 saturated carbocycles. The van der Waals surface area contributed by atoms with Crippen molar-refractivity contribution in [1.82, 2.24) is 0 Å². The molecule has 2 aromatic carbocycles. The van der Waals surface area contributed by atoms with Gasteiger partial charge in [-0.2, -0.15) is 13.2 Å². The quantitative estimate of drug-likeness (QED) is 0.908. The Morgan fingerprint density at radius 3 is 2.24 bits per heavy atom. The maximum absolute atomic E-state index is 12.7. The topological polar surface area (TPSA) is 37.3 Å². The van der Waals surface area contributed by atoms with Crippen LogP contribution in [0.4, 0.5) is 13.2 Å². The first kappa shape index (κ1) is 15.1. The van der Waals surface area contributed by atoms with E-state index in [-0.39, 0.29) is 6.42 Å². The van der Waals surface area contributed by atoms with E-state index in [0.29, 0.717) is 17.5 Å². The number of hydrogen-bond acceptors (Lipinski definition) is 1. The lowest BCUT2D eigenvalue weighted by atomic mass is 9.99. The van der Waals surface area contributed by atoms with E-state index < -0.39 is 17.7 Å². The Bertz CT molecular complexity index is 648. The predicted molar refractivity (Wildman–Crippen MR) is 72.8 cm³/mol. The van der Waals surface area contributed by atoms with Crippen LogP contribution in [0.5, 0.6) is 0 Å². The summed E-state index contributed by atoms with van der Waals surface area (Å²) in [6.07, 6.45) is -4.04. The van der Waals surface area contributed by atoms with Crippen molar-refractivity contribution in [1.29, 1.82) is 0 Å². The van der Waals surface area contributed by atoms with E-state index in [2.05, 4.69) is 0 Å². The Morgan fingerprint density at radius 1 is 1.00 bits per heavy atom. The van der Waals surface area contributed by atoms with Gasteiger partial charge in [-0.05, 0) is 35.2 Å². The maximum Gasteiger partial charge on any atom is 0.416 e. The third kappa shape index (κ3) is 4.08. The summed E-state index contributed by atoms with van der Waals surface area (Å²) in [7, 11) is 0. The summed E-state index contributed by atoms with van der Waals surface area (Å²) in [6.45, 7) is 0. The standard InChI is InChI=1S/C16H13F3O2/c17-16(18,19)14-6-2-5-13(10-14)12-4-1-3-11(9-12)7-8-15(20)21/h1-6,9-10H,7-8H2,(H,20,21). The fraction of sp³-hybridized carbons (Fsp3) is 0.188. The third-order valence-electron chi connectivity index (χ3n) is 3.08. The minimum absolute atomic E-state index is 0.00789. The number of benzene rings is 2. The van der Waals surface area contributed by atoms with Gasteiger partial charge in [-0.15, -0.1) is 0 Å². The van der Waals surface area contributed by atoms with Crippen LogP contribution in [0.15, 0.2) is 48.5 Å². The molecule has 0 bridgehead atoms. The number of aliphatic carboxylic acids is 1. The second-order valence-corrected chi connectivity index (χ2v) is 4.67. The lowest BCUT2D eigenvalue weighted by Crippen LogP contribution is -2.04. The van der Waals surface area contributed by atoms with Crippen LogP contribution in [0.2, 0.25) is 0 Å². The van der Waals surface area contributed by atoms with Gasteiger partial charge in [0.05, 0.1) is 5.56 Å². The van der Waals surface area contributed by atoms with Gasteiger partial charge in [-0.25, -0.2) is 0 Å². The Balaban J connectivity index is 2.30. The van der Waals surface area contributed by atoms with Crippen molar-refractivity contribution in [3.8, 4) is 11.1 Å². The minimum Gasteiger partial charge on any atom is -0.481 e. The van der Waals surface area contributed by atoms with E-state index in [1.807, 2.05) is 0 Å². The van der Waals surface area contributed by atoms with E-state index in [9.17, 15) is 18.0 Å². The highest BCUT2D eigenvalue weighted by Crippen LogP contribution is 2.32. The molecule has 0 heterocycles. The van der Waals surface area contributed by atoms with Gasteiger partial charge in [0.25, 0.3) is 0 Å². The van der Waals surface area contributed by atoms with Crippen LogP contribution in [-0.2, 0) is 17.4 Å². The monoisotopic (exact) mass is 294 g/mol. The van der Waals surface area contributed by atoms with Crippen LogP contribution < -0.4 is 0 Å². The number of carbonyl (C=O) groups is 1. The number of alkyl halides is 3. The summed E-state index contributed by atoms with van der Waals surface area (Å²) in [5.41, 5.74) is 1.19. The Hall–Kier alpha value is -2.30. The molecule has 5 heteroatoms. The number of halogens is 3. The first-order valence-electron chi connectivity index (χ1n) is 6.34. The zero-order valence-electron chi connectivity index (χ0n) is 11.0. The largest absolute Gasteiger partial charge is 0.481 e. The molecule has 0 aromatic heterocycles. The summed E-state index contributed by atoms with van der Waals surface area (Å²) in [5.74, 6) is -0.903. The number of carboxylic acids is 1. The second kappa shape index (κ2) is 5.99. The van der Waals surface area contributed by atoms with Crippen LogP contribution in [-0.4, -0.2) is 11.1 Å². The average Bonchev–Trinajstić information content (AvgIpc) is 2.45. The third-order valence-corrected chi connectivity index (χ3v) is 3.08. The van der Waals surface area contributed by atoms with Gasteiger partial charge in [0, 0.05) is 6.42 Å². The van der Waals surface area contributed by atoms with E-state index >= 15 is 0 Å². The van der Waals surface area contributed by atoms with Gasteiger partial charge in [0.2, 0.25) is 0 Å². The number of carboxylic acid groups (broad SMARTS) is 1. The van der Waals surface area contributed by atoms with E-state index in [4.69, 9.17) is 5.11 Å². The lowest BCUT2D eigenvalue weighted by Gasteiger charge is -2.09. The van der Waals surface area contributed by atoms with E-state index in [1.165, 1.54) is 6.07 Å². The van der Waals surface area contributed by atoms with E-state index in [1.54, 1.807) is 30.3 Å². The molecule has 2 rings (SSSR count). The Labute approximate surface area is 119 Å². The number of aryl methyl sites for hydroxylation is 1. The summed E-state index contributed by atoms with van der Waals surface area (Å²) in [4.78, 5) is 10.6. The average molecular weight is 294 g/mol. The van der Waals surface area contributed by atoms with Crippen molar-refractivity contribution in [3.05, 3.63) is 59.7 Å². The first-order chi connectivity index (χ1) is 9.86. The molecule has 0 amide bonds. The molecule has 110 valence electrons. The maximum atomic E-state index is 12.7. The molecule has 0 atom stereocenters. The zero-order valence-corrected chi connectivity index (χ0v) is 11.0. The molecule has 0 aliphatic rings. The highest BCUT2D eigenvalue weighted by molar-refractivity contribution is 5.68. The fourth-order valence-corrected chi connectivity index (χ4v) is 2.03. The normalized spacial score (nSPS) is 11.4. The highest BCUT2D eigenvalue weighted by Gasteiger charge is 2.30. The molecule has 2 nitrogen and oxygen atoms in total. The number of rotatable bonds is 4.